The van der Waals surface area contributed by atoms with E-state index in [1.807, 2.05) is 12.1 Å². The second-order valence-electron chi connectivity index (χ2n) is 5.16. The summed E-state index contributed by atoms with van der Waals surface area (Å²) in [6, 6.07) is 7.68. The van der Waals surface area contributed by atoms with Gasteiger partial charge in [0.2, 0.25) is 0 Å². The molecule has 0 amide bonds. The maximum absolute atomic E-state index is 9.00. The first-order valence-electron chi connectivity index (χ1n) is 7.06. The predicted octanol–water partition coefficient (Wildman–Crippen LogP) is 5.55. The van der Waals surface area contributed by atoms with Gasteiger partial charge in [0.15, 0.2) is 0 Å². The highest BCUT2D eigenvalue weighted by Crippen LogP contribution is 2.37. The summed E-state index contributed by atoms with van der Waals surface area (Å²) >= 11 is 13.8. The highest BCUT2D eigenvalue weighted by Gasteiger charge is 2.19. The van der Waals surface area contributed by atoms with Crippen LogP contribution in [-0.4, -0.2) is 9.55 Å². The third kappa shape index (κ3) is 3.78. The molecule has 116 valence electrons. The van der Waals surface area contributed by atoms with Gasteiger partial charge in [-0.25, -0.2) is 4.98 Å². The van der Waals surface area contributed by atoms with Crippen molar-refractivity contribution in [2.45, 2.75) is 49.6 Å². The van der Waals surface area contributed by atoms with Gasteiger partial charge in [-0.3, -0.25) is 0 Å². The van der Waals surface area contributed by atoms with Gasteiger partial charge >= 0.3 is 0 Å². The molecule has 0 bridgehead atoms. The number of hydrogen-bond donors (Lipinski definition) is 0. The molecule has 0 saturated carbocycles. The molecule has 0 unspecified atom stereocenters. The highest BCUT2D eigenvalue weighted by atomic mass is 35.5. The Balaban J connectivity index is 2.50. The Kier molecular flexibility index (Phi) is 5.80. The van der Waals surface area contributed by atoms with Gasteiger partial charge in [0.05, 0.1) is 18.2 Å². The van der Waals surface area contributed by atoms with E-state index in [1.165, 1.54) is 0 Å². The minimum Gasteiger partial charge on any atom is -0.322 e. The molecule has 0 atom stereocenters. The van der Waals surface area contributed by atoms with Crippen LogP contribution in [0.2, 0.25) is 10.0 Å². The van der Waals surface area contributed by atoms with Crippen molar-refractivity contribution in [1.29, 1.82) is 5.26 Å². The van der Waals surface area contributed by atoms with Crippen LogP contribution < -0.4 is 0 Å². The van der Waals surface area contributed by atoms with Crippen molar-refractivity contribution in [3.8, 4) is 6.07 Å². The maximum atomic E-state index is 9.00. The molecule has 0 aliphatic carbocycles. The topological polar surface area (TPSA) is 41.6 Å². The summed E-state index contributed by atoms with van der Waals surface area (Å²) in [6.07, 6.45) is 0.310. The van der Waals surface area contributed by atoms with Crippen LogP contribution in [0.5, 0.6) is 0 Å². The standard InChI is InChI=1S/C16H17Cl2N3S/c1-4-21-14(5-6-19)20-15(10(2)3)16(21)22-13-8-11(17)7-12(18)9-13/h7-10H,4-5H2,1-3H3. The maximum Gasteiger partial charge on any atom is 0.124 e. The van der Waals surface area contributed by atoms with Gasteiger partial charge in [-0.15, -0.1) is 0 Å². The van der Waals surface area contributed by atoms with E-state index in [4.69, 9.17) is 28.5 Å². The summed E-state index contributed by atoms with van der Waals surface area (Å²) in [5.41, 5.74) is 1.01. The first kappa shape index (κ1) is 17.2. The molecule has 0 aliphatic rings. The largest absolute Gasteiger partial charge is 0.322 e. The van der Waals surface area contributed by atoms with Crippen LogP contribution in [0.4, 0.5) is 0 Å². The number of aromatic nitrogens is 2. The average Bonchev–Trinajstić information content (AvgIpc) is 2.76. The number of hydrogen-bond acceptors (Lipinski definition) is 3. The monoisotopic (exact) mass is 353 g/mol. The SMILES string of the molecule is CCn1c(CC#N)nc(C(C)C)c1Sc1cc(Cl)cc(Cl)c1. The predicted molar refractivity (Wildman–Crippen MR) is 91.9 cm³/mol. The number of benzene rings is 1. The lowest BCUT2D eigenvalue weighted by Crippen LogP contribution is -2.02. The minimum absolute atomic E-state index is 0.280. The van der Waals surface area contributed by atoms with Crippen LogP contribution in [0.3, 0.4) is 0 Å². The quantitative estimate of drug-likeness (QED) is 0.707. The second kappa shape index (κ2) is 7.41. The van der Waals surface area contributed by atoms with Crippen molar-refractivity contribution in [3.05, 3.63) is 39.8 Å². The molecular formula is C16H17Cl2N3S. The van der Waals surface area contributed by atoms with Crippen molar-refractivity contribution in [2.24, 2.45) is 0 Å². The fraction of sp³-hybridized carbons (Fsp3) is 0.375. The molecule has 3 nitrogen and oxygen atoms in total. The molecule has 1 heterocycles. The molecule has 0 radical (unpaired) electrons. The lowest BCUT2D eigenvalue weighted by Gasteiger charge is -2.11. The van der Waals surface area contributed by atoms with E-state index in [2.05, 4.69) is 36.4 Å². The van der Waals surface area contributed by atoms with E-state index in [0.717, 1.165) is 28.0 Å². The Morgan fingerprint density at radius 2 is 1.91 bits per heavy atom. The Morgan fingerprint density at radius 3 is 2.41 bits per heavy atom. The second-order valence-corrected chi connectivity index (χ2v) is 7.09. The van der Waals surface area contributed by atoms with E-state index in [0.29, 0.717) is 16.5 Å². The summed E-state index contributed by atoms with van der Waals surface area (Å²) in [4.78, 5) is 5.63. The molecule has 2 rings (SSSR count). The fourth-order valence-electron chi connectivity index (χ4n) is 2.22. The van der Waals surface area contributed by atoms with Crippen LogP contribution in [0.25, 0.3) is 0 Å². The third-order valence-electron chi connectivity index (χ3n) is 3.18. The normalized spacial score (nSPS) is 11.0. The molecular weight excluding hydrogens is 337 g/mol. The molecule has 1 aromatic carbocycles. The van der Waals surface area contributed by atoms with Gasteiger partial charge in [0, 0.05) is 21.5 Å². The third-order valence-corrected chi connectivity index (χ3v) is 4.71. The highest BCUT2D eigenvalue weighted by molar-refractivity contribution is 7.99. The molecule has 1 aromatic heterocycles. The van der Waals surface area contributed by atoms with E-state index >= 15 is 0 Å². The Hall–Kier alpha value is -1.15. The Labute approximate surface area is 145 Å². The first-order valence-corrected chi connectivity index (χ1v) is 8.63. The Bertz CT molecular complexity index is 697. The summed E-state index contributed by atoms with van der Waals surface area (Å²) < 4.78 is 2.10. The van der Waals surface area contributed by atoms with Gasteiger partial charge in [-0.2, -0.15) is 5.26 Å². The lowest BCUT2D eigenvalue weighted by atomic mass is 10.1. The first-order chi connectivity index (χ1) is 10.5. The molecule has 6 heteroatoms. The molecule has 0 spiro atoms. The molecule has 0 aliphatic heterocycles. The van der Waals surface area contributed by atoms with E-state index in [9.17, 15) is 0 Å². The Morgan fingerprint density at radius 1 is 1.27 bits per heavy atom. The van der Waals surface area contributed by atoms with Crippen LogP contribution in [0.1, 0.15) is 38.2 Å². The van der Waals surface area contributed by atoms with Crippen LogP contribution in [0, 0.1) is 11.3 Å². The van der Waals surface area contributed by atoms with Gasteiger partial charge in [0.25, 0.3) is 0 Å². The van der Waals surface area contributed by atoms with Crippen LogP contribution in [-0.2, 0) is 13.0 Å². The number of rotatable bonds is 5. The molecule has 0 fully saturated rings. The number of nitrogens with zero attached hydrogens (tertiary/aromatic N) is 3. The smallest absolute Gasteiger partial charge is 0.124 e. The lowest BCUT2D eigenvalue weighted by molar-refractivity contribution is 0.657. The zero-order chi connectivity index (χ0) is 16.3. The molecule has 0 N–H and O–H groups in total. The van der Waals surface area contributed by atoms with Gasteiger partial charge < -0.3 is 4.57 Å². The summed E-state index contributed by atoms with van der Waals surface area (Å²) in [5, 5.41) is 11.3. The molecule has 2 aromatic rings. The number of imidazole rings is 1. The van der Waals surface area contributed by atoms with Gasteiger partial charge in [0.1, 0.15) is 10.9 Å². The van der Waals surface area contributed by atoms with Crippen molar-refractivity contribution < 1.29 is 0 Å². The van der Waals surface area contributed by atoms with E-state index < -0.39 is 0 Å². The van der Waals surface area contributed by atoms with Gasteiger partial charge in [-0.05, 0) is 31.0 Å². The zero-order valence-electron chi connectivity index (χ0n) is 12.7. The van der Waals surface area contributed by atoms with Crippen molar-refractivity contribution in [2.75, 3.05) is 0 Å². The van der Waals surface area contributed by atoms with Crippen molar-refractivity contribution in [1.82, 2.24) is 9.55 Å². The average molecular weight is 354 g/mol. The molecule has 0 saturated heterocycles. The van der Waals surface area contributed by atoms with Crippen molar-refractivity contribution >= 4 is 35.0 Å². The summed E-state index contributed by atoms with van der Waals surface area (Å²) in [6.45, 7) is 7.04. The minimum atomic E-state index is 0.280. The number of halogens is 2. The molecule has 22 heavy (non-hydrogen) atoms. The van der Waals surface area contributed by atoms with E-state index in [-0.39, 0.29) is 5.92 Å². The van der Waals surface area contributed by atoms with Crippen LogP contribution in [0.15, 0.2) is 28.1 Å². The van der Waals surface area contributed by atoms with E-state index in [1.54, 1.807) is 17.8 Å². The summed E-state index contributed by atoms with van der Waals surface area (Å²) in [5.74, 6) is 1.09. The zero-order valence-corrected chi connectivity index (χ0v) is 15.1. The van der Waals surface area contributed by atoms with Crippen molar-refractivity contribution in [3.63, 3.8) is 0 Å². The van der Waals surface area contributed by atoms with Crippen LogP contribution >= 0.6 is 35.0 Å². The van der Waals surface area contributed by atoms with Gasteiger partial charge in [-0.1, -0.05) is 48.8 Å². The summed E-state index contributed by atoms with van der Waals surface area (Å²) in [7, 11) is 0. The fourth-order valence-corrected chi connectivity index (χ4v) is 4.20. The number of nitriles is 1.